The number of anilines is 1. The second-order valence-electron chi connectivity index (χ2n) is 8.49. The number of carbonyl (C=O) groups is 2. The molecule has 6 nitrogen and oxygen atoms in total. The molecule has 3 aromatic carbocycles. The molecule has 0 fully saturated rings. The van der Waals surface area contributed by atoms with Gasteiger partial charge in [-0.05, 0) is 43.7 Å². The molecule has 4 rings (SSSR count). The zero-order valence-corrected chi connectivity index (χ0v) is 19.7. The van der Waals surface area contributed by atoms with Crippen molar-refractivity contribution < 1.29 is 14.0 Å². The lowest BCUT2D eigenvalue weighted by Crippen LogP contribution is -2.43. The molecule has 0 unspecified atom stereocenters. The monoisotopic (exact) mass is 470 g/mol. The quantitative estimate of drug-likeness (QED) is 0.390. The molecule has 0 saturated carbocycles. The minimum Gasteiger partial charge on any atom is -0.331 e. The molecule has 0 spiro atoms. The van der Waals surface area contributed by atoms with Crippen molar-refractivity contribution in [2.45, 2.75) is 26.3 Å². The third-order valence-electron chi connectivity index (χ3n) is 5.59. The van der Waals surface area contributed by atoms with Gasteiger partial charge in [0.2, 0.25) is 17.8 Å². The fourth-order valence-electron chi connectivity index (χ4n) is 3.76. The molecule has 4 aromatic rings. The summed E-state index contributed by atoms with van der Waals surface area (Å²) in [5, 5.41) is 2.84. The number of hydrogen-bond donors (Lipinski definition) is 1. The molecule has 35 heavy (non-hydrogen) atoms. The highest BCUT2D eigenvalue weighted by Crippen LogP contribution is 2.24. The van der Waals surface area contributed by atoms with Crippen molar-refractivity contribution in [1.29, 1.82) is 0 Å². The molecule has 7 heteroatoms. The summed E-state index contributed by atoms with van der Waals surface area (Å²) in [5.41, 5.74) is 3.08. The topological polar surface area (TPSA) is 67.2 Å². The highest BCUT2D eigenvalue weighted by atomic mass is 19.1. The number of carbonyl (C=O) groups excluding carboxylic acids is 2. The molecular weight excluding hydrogens is 443 g/mol. The Kier molecular flexibility index (Phi) is 7.35. The Morgan fingerprint density at radius 2 is 1.57 bits per heavy atom. The molecular formula is C28H27FN4O2. The molecule has 2 amide bonds. The predicted molar refractivity (Wildman–Crippen MR) is 135 cm³/mol. The van der Waals surface area contributed by atoms with E-state index >= 15 is 0 Å². The van der Waals surface area contributed by atoms with E-state index in [9.17, 15) is 14.0 Å². The lowest BCUT2D eigenvalue weighted by molar-refractivity contribution is -0.135. The van der Waals surface area contributed by atoms with Gasteiger partial charge in [0, 0.05) is 23.5 Å². The number of nitrogens with zero attached hydrogens (tertiary/aromatic N) is 3. The van der Waals surface area contributed by atoms with Gasteiger partial charge in [-0.2, -0.15) is 0 Å². The standard InChI is InChI=1S/C28H27FN4O2/c1-20(2)32(27(35)17-21-9-5-3-6-10-21)19-26(34)31-28-30-25(22-11-7-4-8-12-22)18-33(28)24-15-13-23(29)14-16-24/h3-16,18,20H,17,19H2,1-2H3,(H,30,31,34). The van der Waals surface area contributed by atoms with Gasteiger partial charge in [-0.3, -0.25) is 19.5 Å². The second kappa shape index (κ2) is 10.8. The van der Waals surface area contributed by atoms with Crippen LogP contribution in [-0.2, 0) is 16.0 Å². The van der Waals surface area contributed by atoms with Crippen molar-refractivity contribution in [3.63, 3.8) is 0 Å². The molecule has 178 valence electrons. The highest BCUT2D eigenvalue weighted by molar-refractivity contribution is 5.94. The van der Waals surface area contributed by atoms with Gasteiger partial charge in [0.15, 0.2) is 0 Å². The van der Waals surface area contributed by atoms with E-state index in [1.807, 2.05) is 74.5 Å². The van der Waals surface area contributed by atoms with Crippen LogP contribution in [-0.4, -0.2) is 38.9 Å². The molecule has 0 aliphatic heterocycles. The van der Waals surface area contributed by atoms with Crippen LogP contribution in [0.5, 0.6) is 0 Å². The van der Waals surface area contributed by atoms with Crippen molar-refractivity contribution in [2.24, 2.45) is 0 Å². The Hall–Kier alpha value is -4.26. The van der Waals surface area contributed by atoms with Gasteiger partial charge in [0.1, 0.15) is 12.4 Å². The summed E-state index contributed by atoms with van der Waals surface area (Å²) in [6.07, 6.45) is 2.01. The van der Waals surface area contributed by atoms with E-state index < -0.39 is 0 Å². The fraction of sp³-hybridized carbons (Fsp3) is 0.179. The molecule has 0 bridgehead atoms. The lowest BCUT2D eigenvalue weighted by atomic mass is 10.1. The first-order valence-electron chi connectivity index (χ1n) is 11.4. The average molecular weight is 471 g/mol. The smallest absolute Gasteiger partial charge is 0.246 e. The molecule has 0 saturated heterocycles. The van der Waals surface area contributed by atoms with Crippen LogP contribution in [0.4, 0.5) is 10.3 Å². The maximum Gasteiger partial charge on any atom is 0.246 e. The number of amides is 2. The number of hydrogen-bond acceptors (Lipinski definition) is 3. The maximum absolute atomic E-state index is 13.5. The number of aromatic nitrogens is 2. The summed E-state index contributed by atoms with van der Waals surface area (Å²) in [5.74, 6) is -0.561. The van der Waals surface area contributed by atoms with Crippen molar-refractivity contribution >= 4 is 17.8 Å². The first-order chi connectivity index (χ1) is 16.9. The van der Waals surface area contributed by atoms with Crippen molar-refractivity contribution in [1.82, 2.24) is 14.5 Å². The summed E-state index contributed by atoms with van der Waals surface area (Å²) in [7, 11) is 0. The van der Waals surface area contributed by atoms with E-state index in [1.54, 1.807) is 27.8 Å². The molecule has 1 N–H and O–H groups in total. The summed E-state index contributed by atoms with van der Waals surface area (Å²) >= 11 is 0. The minimum absolute atomic E-state index is 0.111. The average Bonchev–Trinajstić information content (AvgIpc) is 3.27. The summed E-state index contributed by atoms with van der Waals surface area (Å²) in [6.45, 7) is 3.65. The Labute approximate surface area is 204 Å². The second-order valence-corrected chi connectivity index (χ2v) is 8.49. The van der Waals surface area contributed by atoms with Crippen LogP contribution in [0.25, 0.3) is 16.9 Å². The van der Waals surface area contributed by atoms with Crippen LogP contribution in [0.2, 0.25) is 0 Å². The van der Waals surface area contributed by atoms with Crippen LogP contribution in [0.3, 0.4) is 0 Å². The minimum atomic E-state index is -0.367. The summed E-state index contributed by atoms with van der Waals surface area (Å²) in [6, 6.07) is 24.8. The SMILES string of the molecule is CC(C)N(CC(=O)Nc1nc(-c2ccccc2)cn1-c1ccc(F)cc1)C(=O)Cc1ccccc1. The molecule has 1 aromatic heterocycles. The van der Waals surface area contributed by atoms with Gasteiger partial charge in [-0.25, -0.2) is 9.37 Å². The zero-order chi connectivity index (χ0) is 24.8. The fourth-order valence-corrected chi connectivity index (χ4v) is 3.76. The Morgan fingerprint density at radius 3 is 2.20 bits per heavy atom. The van der Waals surface area contributed by atoms with Gasteiger partial charge in [0.05, 0.1) is 12.1 Å². The lowest BCUT2D eigenvalue weighted by Gasteiger charge is -2.26. The molecule has 0 aliphatic carbocycles. The number of rotatable bonds is 8. The first-order valence-corrected chi connectivity index (χ1v) is 11.4. The zero-order valence-electron chi connectivity index (χ0n) is 19.7. The van der Waals surface area contributed by atoms with E-state index in [0.29, 0.717) is 17.3 Å². The van der Waals surface area contributed by atoms with Crippen molar-refractivity contribution in [3.8, 4) is 16.9 Å². The van der Waals surface area contributed by atoms with E-state index in [2.05, 4.69) is 10.3 Å². The third-order valence-corrected chi connectivity index (χ3v) is 5.59. The van der Waals surface area contributed by atoms with Gasteiger partial charge < -0.3 is 4.90 Å². The van der Waals surface area contributed by atoms with Crippen molar-refractivity contribution in [3.05, 3.63) is 103 Å². The van der Waals surface area contributed by atoms with Gasteiger partial charge in [-0.1, -0.05) is 60.7 Å². The Balaban J connectivity index is 1.56. The predicted octanol–water partition coefficient (Wildman–Crippen LogP) is 5.10. The van der Waals surface area contributed by atoms with Gasteiger partial charge >= 0.3 is 0 Å². The van der Waals surface area contributed by atoms with Crippen LogP contribution < -0.4 is 5.32 Å². The number of nitrogens with one attached hydrogen (secondary N) is 1. The van der Waals surface area contributed by atoms with E-state index in [4.69, 9.17) is 0 Å². The molecule has 0 atom stereocenters. The maximum atomic E-state index is 13.5. The molecule has 0 aliphatic rings. The van der Waals surface area contributed by atoms with Crippen LogP contribution >= 0.6 is 0 Å². The molecule has 1 heterocycles. The Bertz CT molecular complexity index is 1290. The van der Waals surface area contributed by atoms with Crippen molar-refractivity contribution in [2.75, 3.05) is 11.9 Å². The van der Waals surface area contributed by atoms with Crippen LogP contribution in [0, 0.1) is 5.82 Å². The van der Waals surface area contributed by atoms with Gasteiger partial charge in [-0.15, -0.1) is 0 Å². The summed E-state index contributed by atoms with van der Waals surface area (Å²) < 4.78 is 15.2. The third kappa shape index (κ3) is 6.00. The Morgan fingerprint density at radius 1 is 0.943 bits per heavy atom. The van der Waals surface area contributed by atoms with Crippen LogP contribution in [0.15, 0.2) is 91.1 Å². The largest absolute Gasteiger partial charge is 0.331 e. The summed E-state index contributed by atoms with van der Waals surface area (Å²) in [4.78, 5) is 32.2. The first kappa shape index (κ1) is 23.9. The number of imidazole rings is 1. The van der Waals surface area contributed by atoms with E-state index in [-0.39, 0.29) is 36.6 Å². The number of benzene rings is 3. The van der Waals surface area contributed by atoms with Crippen LogP contribution in [0.1, 0.15) is 19.4 Å². The molecule has 0 radical (unpaired) electrons. The van der Waals surface area contributed by atoms with E-state index in [0.717, 1.165) is 11.1 Å². The van der Waals surface area contributed by atoms with Gasteiger partial charge in [0.25, 0.3) is 0 Å². The highest BCUT2D eigenvalue weighted by Gasteiger charge is 2.22. The number of halogens is 1. The van der Waals surface area contributed by atoms with E-state index in [1.165, 1.54) is 12.1 Å². The normalized spacial score (nSPS) is 10.9.